The zero-order chi connectivity index (χ0) is 22.8. The van der Waals surface area contributed by atoms with Crippen LogP contribution >= 0.6 is 17.0 Å². The first-order valence-electron chi connectivity index (χ1n) is 13.4. The second-order valence-electron chi connectivity index (χ2n) is 9.04. The topological polar surface area (TPSA) is 69.6 Å². The number of carbonyl (C=O) groups excluding carboxylic acids is 1. The molecule has 0 aromatic heterocycles. The third-order valence-electron chi connectivity index (χ3n) is 5.99. The van der Waals surface area contributed by atoms with E-state index < -0.39 is 0 Å². The van der Waals surface area contributed by atoms with Crippen LogP contribution in [0.5, 0.6) is 0 Å². The lowest BCUT2D eigenvalue weighted by Crippen LogP contribution is -2.36. The average molecular weight is 521 g/mol. The summed E-state index contributed by atoms with van der Waals surface area (Å²) in [5.74, 6) is 0.0490. The Kier molecular flexibility index (Phi) is 30.2. The second-order valence-corrected chi connectivity index (χ2v) is 9.04. The summed E-state index contributed by atoms with van der Waals surface area (Å²) in [4.78, 5) is 11.9. The predicted molar refractivity (Wildman–Crippen MR) is 144 cm³/mol. The monoisotopic (exact) mass is 519 g/mol. The van der Waals surface area contributed by atoms with Gasteiger partial charge in [0.25, 0.3) is 0 Å². The molecule has 0 fully saturated rings. The molecule has 0 radical (unpaired) electrons. The molecule has 0 aliphatic heterocycles. The van der Waals surface area contributed by atoms with Crippen LogP contribution in [0, 0.1) is 0 Å². The lowest BCUT2D eigenvalue weighted by atomic mass is 10.0. The van der Waals surface area contributed by atoms with Gasteiger partial charge in [0.15, 0.2) is 0 Å². The fraction of sp³-hybridized carbons (Fsp3) is 0.889. The van der Waals surface area contributed by atoms with Gasteiger partial charge in [-0.05, 0) is 44.9 Å². The molecule has 0 aromatic carbocycles. The molecule has 1 amide bonds. The third-order valence-corrected chi connectivity index (χ3v) is 5.99. The second kappa shape index (κ2) is 28.6. The van der Waals surface area contributed by atoms with Gasteiger partial charge in [0.05, 0.1) is 0 Å². The van der Waals surface area contributed by atoms with Gasteiger partial charge in [0.1, 0.15) is 0 Å². The number of amides is 1. The molecule has 0 heterocycles. The van der Waals surface area contributed by atoms with Crippen molar-refractivity contribution < 1.29 is 15.0 Å². The largest absolute Gasteiger partial charge is 0.396 e. The van der Waals surface area contributed by atoms with E-state index in [1.165, 1.54) is 96.3 Å². The molecule has 3 N–H and O–H groups in total. The van der Waals surface area contributed by atoms with Crippen molar-refractivity contribution in [2.24, 2.45) is 0 Å². The molecule has 0 bridgehead atoms. The molecular formula is C27H54BrNO3. The molecule has 0 unspecified atom stereocenters. The summed E-state index contributed by atoms with van der Waals surface area (Å²) in [5, 5.41) is 20.9. The molecule has 0 aromatic rings. The Balaban J connectivity index is 0. The minimum Gasteiger partial charge on any atom is -0.396 e. The number of aliphatic hydroxyl groups excluding tert-OH is 2. The highest BCUT2D eigenvalue weighted by molar-refractivity contribution is 8.93. The molecular weight excluding hydrogens is 466 g/mol. The standard InChI is InChI=1S/C27H53NO3.BrH/c1-2-3-4-5-6-7-8-9-10-11-12-13-14-15-16-17-18-19-20-21-27(31)28-26(22-24-29)23-25-30;/h9-10,26,29-30H,2-8,11-25H2,1H3,(H,28,31);1H/b10-9-;. The molecule has 0 aliphatic rings. The number of hydrogen-bond acceptors (Lipinski definition) is 3. The smallest absolute Gasteiger partial charge is 0.220 e. The Morgan fingerprint density at radius 3 is 1.53 bits per heavy atom. The number of nitrogens with one attached hydrogen (secondary N) is 1. The van der Waals surface area contributed by atoms with Crippen molar-refractivity contribution in [2.75, 3.05) is 13.2 Å². The molecule has 192 valence electrons. The summed E-state index contributed by atoms with van der Waals surface area (Å²) in [5.41, 5.74) is 0. The minimum absolute atomic E-state index is 0. The van der Waals surface area contributed by atoms with Crippen molar-refractivity contribution in [3.63, 3.8) is 0 Å². The lowest BCUT2D eigenvalue weighted by molar-refractivity contribution is -0.122. The number of unbranched alkanes of at least 4 members (excludes halogenated alkanes) is 15. The van der Waals surface area contributed by atoms with Crippen molar-refractivity contribution in [1.82, 2.24) is 5.32 Å². The normalized spacial score (nSPS) is 11.2. The third kappa shape index (κ3) is 25.9. The van der Waals surface area contributed by atoms with Crippen molar-refractivity contribution >= 4 is 22.9 Å². The van der Waals surface area contributed by atoms with Crippen molar-refractivity contribution in [3.8, 4) is 0 Å². The fourth-order valence-corrected chi connectivity index (χ4v) is 3.96. The minimum atomic E-state index is -0.0988. The first-order valence-corrected chi connectivity index (χ1v) is 13.4. The van der Waals surface area contributed by atoms with Gasteiger partial charge >= 0.3 is 0 Å². The molecule has 5 heteroatoms. The molecule has 0 aliphatic carbocycles. The zero-order valence-corrected chi connectivity index (χ0v) is 22.7. The summed E-state index contributed by atoms with van der Waals surface area (Å²) in [6.45, 7) is 2.36. The quantitative estimate of drug-likeness (QED) is 0.0917. The highest BCUT2D eigenvalue weighted by Gasteiger charge is 2.10. The van der Waals surface area contributed by atoms with Gasteiger partial charge in [-0.25, -0.2) is 0 Å². The first kappa shape index (κ1) is 33.8. The molecule has 0 atom stereocenters. The van der Waals surface area contributed by atoms with Gasteiger partial charge in [-0.15, -0.1) is 17.0 Å². The van der Waals surface area contributed by atoms with Crippen LogP contribution in [0.3, 0.4) is 0 Å². The van der Waals surface area contributed by atoms with E-state index in [0.29, 0.717) is 19.3 Å². The van der Waals surface area contributed by atoms with Crippen molar-refractivity contribution in [1.29, 1.82) is 0 Å². The molecule has 0 rings (SSSR count). The highest BCUT2D eigenvalue weighted by atomic mass is 79.9. The van der Waals surface area contributed by atoms with Crippen LogP contribution in [0.1, 0.15) is 135 Å². The van der Waals surface area contributed by atoms with Crippen molar-refractivity contribution in [3.05, 3.63) is 12.2 Å². The average Bonchev–Trinajstić information content (AvgIpc) is 2.75. The van der Waals surface area contributed by atoms with E-state index in [4.69, 9.17) is 10.2 Å². The van der Waals surface area contributed by atoms with Gasteiger partial charge in [-0.2, -0.15) is 0 Å². The molecule has 0 saturated heterocycles. The van der Waals surface area contributed by atoms with E-state index in [0.717, 1.165) is 12.8 Å². The van der Waals surface area contributed by atoms with E-state index in [2.05, 4.69) is 24.4 Å². The Morgan fingerprint density at radius 2 is 1.09 bits per heavy atom. The van der Waals surface area contributed by atoms with Crippen LogP contribution in [0.2, 0.25) is 0 Å². The molecule has 32 heavy (non-hydrogen) atoms. The zero-order valence-electron chi connectivity index (χ0n) is 21.0. The van der Waals surface area contributed by atoms with E-state index in [1.807, 2.05) is 0 Å². The van der Waals surface area contributed by atoms with Gasteiger partial charge in [-0.3, -0.25) is 4.79 Å². The van der Waals surface area contributed by atoms with Crippen LogP contribution in [-0.4, -0.2) is 35.4 Å². The molecule has 4 nitrogen and oxygen atoms in total. The highest BCUT2D eigenvalue weighted by Crippen LogP contribution is 2.12. The van der Waals surface area contributed by atoms with Crippen LogP contribution in [0.15, 0.2) is 12.2 Å². The Hall–Kier alpha value is -0.390. The van der Waals surface area contributed by atoms with E-state index in [1.54, 1.807) is 0 Å². The summed E-state index contributed by atoms with van der Waals surface area (Å²) >= 11 is 0. The summed E-state index contributed by atoms with van der Waals surface area (Å²) in [6, 6.07) is -0.0988. The Morgan fingerprint density at radius 1 is 0.688 bits per heavy atom. The molecule has 0 saturated carbocycles. The fourth-order valence-electron chi connectivity index (χ4n) is 3.96. The Bertz CT molecular complexity index is 398. The number of carbonyl (C=O) groups is 1. The first-order chi connectivity index (χ1) is 15.2. The number of aliphatic hydroxyl groups is 2. The Labute approximate surface area is 209 Å². The maximum atomic E-state index is 11.9. The van der Waals surface area contributed by atoms with Crippen molar-refractivity contribution in [2.45, 2.75) is 141 Å². The van der Waals surface area contributed by atoms with E-state index >= 15 is 0 Å². The summed E-state index contributed by atoms with van der Waals surface area (Å²) in [7, 11) is 0. The van der Waals surface area contributed by atoms with E-state index in [9.17, 15) is 4.79 Å². The number of hydrogen-bond donors (Lipinski definition) is 3. The van der Waals surface area contributed by atoms with Gasteiger partial charge in [0, 0.05) is 25.7 Å². The van der Waals surface area contributed by atoms with Crippen LogP contribution < -0.4 is 5.32 Å². The maximum Gasteiger partial charge on any atom is 0.220 e. The van der Waals surface area contributed by atoms with Crippen LogP contribution in [-0.2, 0) is 4.79 Å². The van der Waals surface area contributed by atoms with Gasteiger partial charge in [0.2, 0.25) is 5.91 Å². The van der Waals surface area contributed by atoms with E-state index in [-0.39, 0.29) is 42.1 Å². The SMILES string of the molecule is Br.CCCCCCCC/C=C\CCCCCCCCCCCC(=O)NC(CCO)CCO. The van der Waals surface area contributed by atoms with Gasteiger partial charge < -0.3 is 15.5 Å². The number of allylic oxidation sites excluding steroid dienone is 2. The lowest BCUT2D eigenvalue weighted by Gasteiger charge is -2.16. The van der Waals surface area contributed by atoms with Gasteiger partial charge in [-0.1, -0.05) is 96.1 Å². The van der Waals surface area contributed by atoms with Crippen LogP contribution in [0.25, 0.3) is 0 Å². The number of rotatable bonds is 24. The maximum absolute atomic E-state index is 11.9. The molecule has 0 spiro atoms. The van der Waals surface area contributed by atoms with Crippen LogP contribution in [0.4, 0.5) is 0 Å². The summed E-state index contributed by atoms with van der Waals surface area (Å²) in [6.07, 6.45) is 28.4. The predicted octanol–water partition coefficient (Wildman–Crippen LogP) is 7.41. The summed E-state index contributed by atoms with van der Waals surface area (Å²) < 4.78 is 0. The number of halogens is 1.